The highest BCUT2D eigenvalue weighted by molar-refractivity contribution is 8.00. The third-order valence-corrected chi connectivity index (χ3v) is 9.03. The lowest BCUT2D eigenvalue weighted by Crippen LogP contribution is -2.09. The van der Waals surface area contributed by atoms with Crippen LogP contribution in [0.1, 0.15) is 36.4 Å². The number of halogens is 3. The molecule has 3 saturated heterocycles. The van der Waals surface area contributed by atoms with Gasteiger partial charge in [0, 0.05) is 35.6 Å². The van der Waals surface area contributed by atoms with E-state index in [9.17, 15) is 22.2 Å². The Hall–Kier alpha value is -1.51. The lowest BCUT2D eigenvalue weighted by atomic mass is 10.0. The molecule has 2 unspecified atom stereocenters. The van der Waals surface area contributed by atoms with Crippen molar-refractivity contribution in [1.29, 1.82) is 5.26 Å². The number of nitriles is 1. The third-order valence-electron chi connectivity index (χ3n) is 4.70. The maximum atomic E-state index is 12.4. The van der Waals surface area contributed by atoms with Crippen LogP contribution < -0.4 is 0 Å². The molecule has 11 heteroatoms. The van der Waals surface area contributed by atoms with Gasteiger partial charge in [-0.15, -0.1) is 4.36 Å². The monoisotopic (exact) mass is 491 g/mol. The fraction of sp³-hybridized carbons (Fsp3) is 0.550. The third kappa shape index (κ3) is 8.86. The first-order valence-electron chi connectivity index (χ1n) is 9.60. The van der Waals surface area contributed by atoms with Gasteiger partial charge in [0.2, 0.25) is 6.19 Å². The summed E-state index contributed by atoms with van der Waals surface area (Å²) < 4.78 is 52.5. The smallest absolute Gasteiger partial charge is 0.299 e. The van der Waals surface area contributed by atoms with Crippen LogP contribution in [-0.2, 0) is 20.7 Å². The van der Waals surface area contributed by atoms with Crippen molar-refractivity contribution in [1.82, 2.24) is 4.98 Å². The van der Waals surface area contributed by atoms with Crippen LogP contribution in [0.5, 0.6) is 0 Å². The number of carbonyl (C=O) groups excluding carboxylic acids is 1. The van der Waals surface area contributed by atoms with Crippen LogP contribution >= 0.6 is 23.5 Å². The van der Waals surface area contributed by atoms with Crippen molar-refractivity contribution in [2.75, 3.05) is 34.5 Å². The van der Waals surface area contributed by atoms with E-state index in [-0.39, 0.29) is 11.7 Å². The number of hydrogen-bond acceptors (Lipinski definition) is 7. The van der Waals surface area contributed by atoms with E-state index in [0.717, 1.165) is 30.2 Å². The molecule has 4 rings (SSSR count). The second-order valence-electron chi connectivity index (χ2n) is 7.19. The summed E-state index contributed by atoms with van der Waals surface area (Å²) in [7, 11) is -2.53. The molecule has 0 amide bonds. The molecule has 0 bridgehead atoms. The van der Waals surface area contributed by atoms with Crippen molar-refractivity contribution in [2.24, 2.45) is 4.36 Å². The number of thioether (sulfide) groups is 2. The highest BCUT2D eigenvalue weighted by Gasteiger charge is 2.33. The molecule has 31 heavy (non-hydrogen) atoms. The van der Waals surface area contributed by atoms with Gasteiger partial charge in [0.15, 0.2) is 0 Å². The van der Waals surface area contributed by atoms with E-state index in [1.165, 1.54) is 35.8 Å². The molecule has 0 saturated carbocycles. The van der Waals surface area contributed by atoms with Gasteiger partial charge in [-0.3, -0.25) is 9.78 Å². The van der Waals surface area contributed by atoms with E-state index in [0.29, 0.717) is 23.5 Å². The molecule has 0 radical (unpaired) electrons. The zero-order valence-electron chi connectivity index (χ0n) is 16.9. The first-order chi connectivity index (χ1) is 14.6. The zero-order chi connectivity index (χ0) is 22.9. The van der Waals surface area contributed by atoms with E-state index in [1.54, 1.807) is 11.8 Å². The molecular weight excluding hydrogens is 467 g/mol. The van der Waals surface area contributed by atoms with Gasteiger partial charge in [0.05, 0.1) is 15.5 Å². The number of hydrogen-bond donors (Lipinski definition) is 0. The molecule has 3 aliphatic rings. The second-order valence-corrected chi connectivity index (χ2v) is 11.9. The Morgan fingerprint density at radius 1 is 1.23 bits per heavy atom. The molecule has 1 aromatic rings. The van der Waals surface area contributed by atoms with Crippen molar-refractivity contribution >= 4 is 39.0 Å². The molecule has 1 aromatic heterocycles. The minimum Gasteiger partial charge on any atom is -0.299 e. The molecular formula is C20H24F3N3O2S3. The largest absolute Gasteiger partial charge is 0.433 e. The number of Topliss-reactive ketones (excluding diaryl/α,β-unsaturated/α-hetero) is 1. The highest BCUT2D eigenvalue weighted by atomic mass is 32.2. The first-order valence-corrected chi connectivity index (χ1v) is 13.8. The maximum absolute atomic E-state index is 12.4. The van der Waals surface area contributed by atoms with Gasteiger partial charge in [0.1, 0.15) is 11.5 Å². The molecule has 5 nitrogen and oxygen atoms in total. The maximum Gasteiger partial charge on any atom is 0.433 e. The van der Waals surface area contributed by atoms with E-state index in [1.807, 2.05) is 11.8 Å². The number of alkyl halides is 3. The average molecular weight is 492 g/mol. The molecule has 3 fully saturated rings. The molecule has 0 aliphatic carbocycles. The van der Waals surface area contributed by atoms with Crippen molar-refractivity contribution in [3.05, 3.63) is 41.7 Å². The number of aromatic nitrogens is 1. The average Bonchev–Trinajstić information content (AvgIpc) is 3.46. The number of nitrogens with zero attached hydrogens (tertiary/aromatic N) is 3. The quantitative estimate of drug-likeness (QED) is 0.410. The lowest BCUT2D eigenvalue weighted by Gasteiger charge is -2.10. The Bertz CT molecular complexity index is 898. The van der Waals surface area contributed by atoms with E-state index in [2.05, 4.69) is 15.9 Å². The Balaban J connectivity index is 0.000000229. The number of pyridine rings is 1. The summed E-state index contributed by atoms with van der Waals surface area (Å²) in [5.74, 6) is 5.09. The van der Waals surface area contributed by atoms with E-state index < -0.39 is 21.6 Å². The van der Waals surface area contributed by atoms with Crippen molar-refractivity contribution in [3.8, 4) is 6.19 Å². The standard InChI is InChI=1S/C11H10F3N3OS.C5H8S.C4H6OS/c12-11(13,14)10-2-1-8(5-16-10)9-3-4-19(18,6-9)17-7-15;1-5-2-3-6-4-5;5-4-1-2-6-3-4/h1-2,5,9H,3-4,6H2;1-4H2;1-3H2. The molecule has 0 aromatic carbocycles. The summed E-state index contributed by atoms with van der Waals surface area (Å²) in [6.45, 7) is 3.83. The van der Waals surface area contributed by atoms with Gasteiger partial charge in [0.25, 0.3) is 0 Å². The molecule has 170 valence electrons. The van der Waals surface area contributed by atoms with Crippen LogP contribution in [0.25, 0.3) is 0 Å². The summed E-state index contributed by atoms with van der Waals surface area (Å²) >= 11 is 3.72. The van der Waals surface area contributed by atoms with Crippen LogP contribution in [0.3, 0.4) is 0 Å². The minimum absolute atomic E-state index is 0.153. The summed E-state index contributed by atoms with van der Waals surface area (Å²) in [5.41, 5.74) is 1.07. The van der Waals surface area contributed by atoms with E-state index >= 15 is 0 Å². The first kappa shape index (κ1) is 25.7. The van der Waals surface area contributed by atoms with Crippen LogP contribution in [0.2, 0.25) is 0 Å². The van der Waals surface area contributed by atoms with Crippen LogP contribution in [0.4, 0.5) is 13.2 Å². The minimum atomic E-state index is -4.46. The summed E-state index contributed by atoms with van der Waals surface area (Å²) in [4.78, 5) is 13.6. The van der Waals surface area contributed by atoms with Crippen LogP contribution in [0.15, 0.2) is 34.8 Å². The van der Waals surface area contributed by atoms with Crippen molar-refractivity contribution in [3.63, 3.8) is 0 Å². The topological polar surface area (TPSA) is 83.2 Å². The fourth-order valence-electron chi connectivity index (χ4n) is 2.99. The molecule has 0 spiro atoms. The SMILES string of the molecule is C=C1CCSC1.N#CN=S1(=O)CCC(c2ccc(C(F)(F)F)nc2)C1.O=C1CCSC1. The van der Waals surface area contributed by atoms with Crippen LogP contribution in [-0.4, -0.2) is 49.5 Å². The molecule has 0 N–H and O–H groups in total. The Kier molecular flexibility index (Phi) is 9.90. The molecule has 3 aliphatic heterocycles. The predicted octanol–water partition coefficient (Wildman–Crippen LogP) is 4.91. The van der Waals surface area contributed by atoms with Crippen LogP contribution in [0, 0.1) is 11.5 Å². The Labute approximate surface area is 189 Å². The second kappa shape index (κ2) is 11.9. The number of carbonyl (C=O) groups is 1. The Morgan fingerprint density at radius 3 is 2.32 bits per heavy atom. The van der Waals surface area contributed by atoms with Gasteiger partial charge in [-0.2, -0.15) is 42.0 Å². The molecule has 4 heterocycles. The van der Waals surface area contributed by atoms with Gasteiger partial charge < -0.3 is 0 Å². The van der Waals surface area contributed by atoms with Crippen molar-refractivity contribution < 1.29 is 22.2 Å². The lowest BCUT2D eigenvalue weighted by molar-refractivity contribution is -0.141. The normalized spacial score (nSPS) is 25.2. The fourth-order valence-corrected chi connectivity index (χ4v) is 7.01. The predicted molar refractivity (Wildman–Crippen MR) is 121 cm³/mol. The summed E-state index contributed by atoms with van der Waals surface area (Å²) in [6.07, 6.45) is 0.837. The van der Waals surface area contributed by atoms with Gasteiger partial charge in [-0.05, 0) is 36.1 Å². The number of rotatable bonds is 1. The molecule has 2 atom stereocenters. The summed E-state index contributed by atoms with van der Waals surface area (Å²) in [5, 5.41) is 8.44. The highest BCUT2D eigenvalue weighted by Crippen LogP contribution is 2.32. The number of ketones is 1. The van der Waals surface area contributed by atoms with Gasteiger partial charge in [-0.25, -0.2) is 4.21 Å². The van der Waals surface area contributed by atoms with Crippen molar-refractivity contribution in [2.45, 2.75) is 31.4 Å². The summed E-state index contributed by atoms with van der Waals surface area (Å²) in [6, 6.07) is 2.26. The van der Waals surface area contributed by atoms with Gasteiger partial charge in [-0.1, -0.05) is 18.2 Å². The van der Waals surface area contributed by atoms with Gasteiger partial charge >= 0.3 is 6.18 Å². The zero-order valence-corrected chi connectivity index (χ0v) is 19.3. The van der Waals surface area contributed by atoms with E-state index in [4.69, 9.17) is 5.26 Å². The Morgan fingerprint density at radius 2 is 1.94 bits per heavy atom.